The fraction of sp³-hybridized carbons (Fsp3) is 0.0769. The summed E-state index contributed by atoms with van der Waals surface area (Å²) in [6.45, 7) is 0. The van der Waals surface area contributed by atoms with E-state index >= 15 is 0 Å². The number of rotatable bonds is 2. The minimum absolute atomic E-state index is 0.220. The number of thiophene rings is 1. The van der Waals surface area contributed by atoms with Crippen LogP contribution in [0.15, 0.2) is 42.7 Å². The third-order valence-corrected chi connectivity index (χ3v) is 4.08. The van der Waals surface area contributed by atoms with E-state index in [-0.39, 0.29) is 6.04 Å². The van der Waals surface area contributed by atoms with Gasteiger partial charge in [0.2, 0.25) is 0 Å². The topological polar surface area (TPSA) is 51.8 Å². The molecule has 3 nitrogen and oxygen atoms in total. The molecule has 0 bridgehead atoms. The summed E-state index contributed by atoms with van der Waals surface area (Å²) in [5.41, 5.74) is 8.95. The Morgan fingerprint density at radius 3 is 2.72 bits per heavy atom. The molecule has 2 heterocycles. The molecular formula is C13H10ClN3S. The number of nitrogens with two attached hydrogens (primary N) is 1. The molecule has 0 aliphatic heterocycles. The molecule has 0 aliphatic rings. The van der Waals surface area contributed by atoms with Crippen LogP contribution < -0.4 is 5.73 Å². The lowest BCUT2D eigenvalue weighted by Crippen LogP contribution is -2.11. The zero-order valence-corrected chi connectivity index (χ0v) is 10.9. The Kier molecular flexibility index (Phi) is 2.99. The summed E-state index contributed by atoms with van der Waals surface area (Å²) in [5, 5.41) is 0. The van der Waals surface area contributed by atoms with Crippen LogP contribution in [0.4, 0.5) is 0 Å². The van der Waals surface area contributed by atoms with Gasteiger partial charge in [-0.3, -0.25) is 9.97 Å². The Morgan fingerprint density at radius 1 is 1.11 bits per heavy atom. The van der Waals surface area contributed by atoms with Crippen molar-refractivity contribution in [2.45, 2.75) is 6.04 Å². The average Bonchev–Trinajstić information content (AvgIpc) is 2.84. The second kappa shape index (κ2) is 4.65. The monoisotopic (exact) mass is 275 g/mol. The van der Waals surface area contributed by atoms with E-state index in [1.165, 1.54) is 11.3 Å². The molecule has 1 aromatic carbocycles. The predicted molar refractivity (Wildman–Crippen MR) is 74.9 cm³/mol. The van der Waals surface area contributed by atoms with Crippen LogP contribution in [0.25, 0.3) is 11.0 Å². The van der Waals surface area contributed by atoms with E-state index in [0.717, 1.165) is 25.8 Å². The SMILES string of the molecule is NC(c1ccc(Cl)s1)c1cccc2nccnc12. The van der Waals surface area contributed by atoms with Crippen LogP contribution in [0, 0.1) is 0 Å². The molecular weight excluding hydrogens is 266 g/mol. The van der Waals surface area contributed by atoms with Gasteiger partial charge in [-0.1, -0.05) is 23.7 Å². The Labute approximate surface area is 113 Å². The van der Waals surface area contributed by atoms with Gasteiger partial charge in [-0.05, 0) is 18.2 Å². The second-order valence-corrected chi connectivity index (χ2v) is 5.64. The van der Waals surface area contributed by atoms with Crippen molar-refractivity contribution in [3.63, 3.8) is 0 Å². The van der Waals surface area contributed by atoms with E-state index in [1.807, 2.05) is 30.3 Å². The lowest BCUT2D eigenvalue weighted by Gasteiger charge is -2.11. The average molecular weight is 276 g/mol. The molecule has 1 unspecified atom stereocenters. The van der Waals surface area contributed by atoms with Crippen LogP contribution in [0.3, 0.4) is 0 Å². The Balaban J connectivity index is 2.14. The number of halogens is 1. The van der Waals surface area contributed by atoms with Gasteiger partial charge in [0, 0.05) is 22.8 Å². The molecule has 90 valence electrons. The Morgan fingerprint density at radius 2 is 1.94 bits per heavy atom. The minimum Gasteiger partial charge on any atom is -0.320 e. The highest BCUT2D eigenvalue weighted by atomic mass is 35.5. The maximum absolute atomic E-state index is 6.28. The van der Waals surface area contributed by atoms with Crippen LogP contribution in [-0.4, -0.2) is 9.97 Å². The summed E-state index contributed by atoms with van der Waals surface area (Å²) in [6, 6.07) is 9.45. The molecule has 3 aromatic rings. The first-order valence-corrected chi connectivity index (χ1v) is 6.65. The van der Waals surface area contributed by atoms with E-state index in [9.17, 15) is 0 Å². The van der Waals surface area contributed by atoms with E-state index in [0.29, 0.717) is 0 Å². The number of hydrogen-bond acceptors (Lipinski definition) is 4. The number of aromatic nitrogens is 2. The number of hydrogen-bond donors (Lipinski definition) is 1. The van der Waals surface area contributed by atoms with Crippen molar-refractivity contribution in [3.8, 4) is 0 Å². The van der Waals surface area contributed by atoms with Gasteiger partial charge in [-0.25, -0.2) is 0 Å². The van der Waals surface area contributed by atoms with Crippen molar-refractivity contribution in [1.29, 1.82) is 0 Å². The first-order valence-electron chi connectivity index (χ1n) is 5.46. The molecule has 18 heavy (non-hydrogen) atoms. The van der Waals surface area contributed by atoms with Crippen molar-refractivity contribution < 1.29 is 0 Å². The smallest absolute Gasteiger partial charge is 0.0938 e. The number of para-hydroxylation sites is 1. The van der Waals surface area contributed by atoms with Gasteiger partial charge in [-0.2, -0.15) is 0 Å². The predicted octanol–water partition coefficient (Wildman–Crippen LogP) is 3.39. The molecule has 1 atom stereocenters. The molecule has 0 radical (unpaired) electrons. The maximum Gasteiger partial charge on any atom is 0.0938 e. The third kappa shape index (κ3) is 1.99. The Bertz CT molecular complexity index is 690. The number of nitrogens with zero attached hydrogens (tertiary/aromatic N) is 2. The first-order chi connectivity index (χ1) is 8.75. The fourth-order valence-electron chi connectivity index (χ4n) is 1.91. The number of benzene rings is 1. The van der Waals surface area contributed by atoms with Crippen LogP contribution >= 0.6 is 22.9 Å². The second-order valence-electron chi connectivity index (χ2n) is 3.89. The molecule has 0 spiro atoms. The van der Waals surface area contributed by atoms with Crippen molar-refractivity contribution in [1.82, 2.24) is 9.97 Å². The standard InChI is InChI=1S/C13H10ClN3S/c14-11-5-4-10(18-11)12(15)8-2-1-3-9-13(8)17-7-6-16-9/h1-7,12H,15H2. The van der Waals surface area contributed by atoms with Gasteiger partial charge in [-0.15, -0.1) is 11.3 Å². The van der Waals surface area contributed by atoms with E-state index in [4.69, 9.17) is 17.3 Å². The summed E-state index contributed by atoms with van der Waals surface area (Å²) < 4.78 is 0.742. The molecule has 2 N–H and O–H groups in total. The molecule has 0 aliphatic carbocycles. The lowest BCUT2D eigenvalue weighted by molar-refractivity contribution is 0.898. The van der Waals surface area contributed by atoms with Gasteiger partial charge >= 0.3 is 0 Å². The van der Waals surface area contributed by atoms with Gasteiger partial charge in [0.15, 0.2) is 0 Å². The normalized spacial score (nSPS) is 12.8. The van der Waals surface area contributed by atoms with Gasteiger partial charge in [0.25, 0.3) is 0 Å². The molecule has 3 rings (SSSR count). The summed E-state index contributed by atoms with van der Waals surface area (Å²) in [6.07, 6.45) is 3.36. The number of fused-ring (bicyclic) bond motifs is 1. The highest BCUT2D eigenvalue weighted by molar-refractivity contribution is 7.16. The van der Waals surface area contributed by atoms with Crippen LogP contribution in [-0.2, 0) is 0 Å². The summed E-state index contributed by atoms with van der Waals surface area (Å²) in [4.78, 5) is 9.67. The van der Waals surface area contributed by atoms with E-state index in [1.54, 1.807) is 12.4 Å². The molecule has 0 saturated carbocycles. The van der Waals surface area contributed by atoms with E-state index < -0.39 is 0 Å². The highest BCUT2D eigenvalue weighted by Crippen LogP contribution is 2.31. The molecule has 0 saturated heterocycles. The lowest BCUT2D eigenvalue weighted by atomic mass is 10.0. The van der Waals surface area contributed by atoms with Crippen molar-refractivity contribution in [3.05, 3.63) is 57.5 Å². The van der Waals surface area contributed by atoms with Crippen LogP contribution in [0.1, 0.15) is 16.5 Å². The minimum atomic E-state index is -0.220. The third-order valence-electron chi connectivity index (χ3n) is 2.77. The summed E-state index contributed by atoms with van der Waals surface area (Å²) in [7, 11) is 0. The zero-order chi connectivity index (χ0) is 12.5. The largest absolute Gasteiger partial charge is 0.320 e. The van der Waals surface area contributed by atoms with Gasteiger partial charge in [0.1, 0.15) is 0 Å². The van der Waals surface area contributed by atoms with Crippen LogP contribution in [0.5, 0.6) is 0 Å². The molecule has 0 fully saturated rings. The van der Waals surface area contributed by atoms with E-state index in [2.05, 4.69) is 9.97 Å². The zero-order valence-electron chi connectivity index (χ0n) is 9.38. The summed E-state index contributed by atoms with van der Waals surface area (Å²) >= 11 is 7.44. The van der Waals surface area contributed by atoms with Gasteiger partial charge in [0.05, 0.1) is 21.4 Å². The van der Waals surface area contributed by atoms with Crippen molar-refractivity contribution in [2.75, 3.05) is 0 Å². The maximum atomic E-state index is 6.28. The Hall–Kier alpha value is -1.49. The fourth-order valence-corrected chi connectivity index (χ4v) is 3.00. The van der Waals surface area contributed by atoms with Crippen LogP contribution in [0.2, 0.25) is 4.34 Å². The highest BCUT2D eigenvalue weighted by Gasteiger charge is 2.15. The summed E-state index contributed by atoms with van der Waals surface area (Å²) in [5.74, 6) is 0. The molecule has 2 aromatic heterocycles. The quantitative estimate of drug-likeness (QED) is 0.780. The first kappa shape index (κ1) is 11.6. The van der Waals surface area contributed by atoms with Gasteiger partial charge < -0.3 is 5.73 Å². The van der Waals surface area contributed by atoms with Crippen molar-refractivity contribution >= 4 is 34.0 Å². The van der Waals surface area contributed by atoms with Crippen molar-refractivity contribution in [2.24, 2.45) is 5.73 Å². The molecule has 5 heteroatoms. The molecule has 0 amide bonds.